The maximum absolute atomic E-state index is 5.43. The maximum atomic E-state index is 5.43. The third-order valence-corrected chi connectivity index (χ3v) is 5.57. The summed E-state index contributed by atoms with van der Waals surface area (Å²) >= 11 is 0. The molecule has 1 N–H and O–H groups in total. The van der Waals surface area contributed by atoms with E-state index in [0.717, 1.165) is 60.2 Å². The standard InChI is InChI=1S/C24H25N5O2/c1-17-16-20(30-2)10-11-21(17)22-4-3-5-23-26-24(27-29(22)23)25-18-6-8-19(9-7-18)28-12-14-31-15-13-28/h3-11,16H,12-15H2,1-2H3,(H,25,27). The topological polar surface area (TPSA) is 63.9 Å². The van der Waals surface area contributed by atoms with E-state index in [1.54, 1.807) is 7.11 Å². The van der Waals surface area contributed by atoms with E-state index in [-0.39, 0.29) is 0 Å². The molecule has 3 heterocycles. The number of fused-ring (bicyclic) bond motifs is 1. The molecular weight excluding hydrogens is 390 g/mol. The van der Waals surface area contributed by atoms with Crippen molar-refractivity contribution in [2.24, 2.45) is 0 Å². The van der Waals surface area contributed by atoms with Crippen LogP contribution < -0.4 is 15.0 Å². The molecule has 1 aliphatic rings. The Morgan fingerprint density at radius 3 is 2.55 bits per heavy atom. The number of methoxy groups -OCH3 is 1. The van der Waals surface area contributed by atoms with Crippen molar-refractivity contribution in [1.82, 2.24) is 14.6 Å². The van der Waals surface area contributed by atoms with Crippen molar-refractivity contribution >= 4 is 23.0 Å². The monoisotopic (exact) mass is 415 g/mol. The lowest BCUT2D eigenvalue weighted by Crippen LogP contribution is -2.36. The molecule has 0 aliphatic carbocycles. The van der Waals surface area contributed by atoms with E-state index in [1.807, 2.05) is 28.8 Å². The molecular formula is C24H25N5O2. The fraction of sp³-hybridized carbons (Fsp3) is 0.250. The number of benzene rings is 2. The van der Waals surface area contributed by atoms with E-state index < -0.39 is 0 Å². The number of pyridine rings is 1. The largest absolute Gasteiger partial charge is 0.497 e. The molecule has 0 spiro atoms. The van der Waals surface area contributed by atoms with Crippen LogP contribution in [0.5, 0.6) is 5.75 Å². The lowest BCUT2D eigenvalue weighted by Gasteiger charge is -2.28. The van der Waals surface area contributed by atoms with Gasteiger partial charge >= 0.3 is 0 Å². The van der Waals surface area contributed by atoms with Crippen LogP contribution in [0.25, 0.3) is 16.9 Å². The number of rotatable bonds is 5. The smallest absolute Gasteiger partial charge is 0.247 e. The fourth-order valence-corrected chi connectivity index (χ4v) is 3.92. The minimum absolute atomic E-state index is 0.567. The van der Waals surface area contributed by atoms with Gasteiger partial charge in [-0.3, -0.25) is 0 Å². The van der Waals surface area contributed by atoms with E-state index in [4.69, 9.17) is 14.6 Å². The van der Waals surface area contributed by atoms with Gasteiger partial charge in [-0.1, -0.05) is 6.07 Å². The second-order valence-electron chi connectivity index (χ2n) is 7.57. The average Bonchev–Trinajstić information content (AvgIpc) is 3.23. The Morgan fingerprint density at radius 2 is 1.81 bits per heavy atom. The molecule has 2 aromatic heterocycles. The van der Waals surface area contributed by atoms with Gasteiger partial charge in [0.05, 0.1) is 26.0 Å². The van der Waals surface area contributed by atoms with Gasteiger partial charge in [0.2, 0.25) is 5.95 Å². The quantitative estimate of drug-likeness (QED) is 0.525. The van der Waals surface area contributed by atoms with Crippen molar-refractivity contribution in [3.8, 4) is 17.0 Å². The Balaban J connectivity index is 1.41. The molecule has 0 unspecified atom stereocenters. The Bertz CT molecular complexity index is 1200. The number of hydrogen-bond acceptors (Lipinski definition) is 6. The molecule has 0 bridgehead atoms. The van der Waals surface area contributed by atoms with Crippen LogP contribution in [0, 0.1) is 6.92 Å². The summed E-state index contributed by atoms with van der Waals surface area (Å²) in [5.74, 6) is 1.41. The second-order valence-corrected chi connectivity index (χ2v) is 7.57. The Morgan fingerprint density at radius 1 is 1.00 bits per heavy atom. The van der Waals surface area contributed by atoms with Crippen LogP contribution in [0.1, 0.15) is 5.56 Å². The van der Waals surface area contributed by atoms with Gasteiger partial charge in [0.15, 0.2) is 5.65 Å². The molecule has 0 saturated carbocycles. The van der Waals surface area contributed by atoms with Gasteiger partial charge in [-0.2, -0.15) is 4.98 Å². The van der Waals surface area contributed by atoms with Crippen molar-refractivity contribution in [2.45, 2.75) is 6.92 Å². The van der Waals surface area contributed by atoms with Gasteiger partial charge in [-0.25, -0.2) is 4.52 Å². The summed E-state index contributed by atoms with van der Waals surface area (Å²) in [7, 11) is 1.68. The van der Waals surface area contributed by atoms with Crippen LogP contribution in [0.3, 0.4) is 0 Å². The Hall–Kier alpha value is -3.58. The van der Waals surface area contributed by atoms with Crippen LogP contribution in [0.4, 0.5) is 17.3 Å². The Kier molecular flexibility index (Phi) is 5.18. The third kappa shape index (κ3) is 3.92. The van der Waals surface area contributed by atoms with E-state index in [0.29, 0.717) is 5.95 Å². The SMILES string of the molecule is COc1ccc(-c2cccc3nc(Nc4ccc(N5CCOCC5)cc4)nn23)c(C)c1. The first kappa shape index (κ1) is 19.4. The van der Waals surface area contributed by atoms with Gasteiger partial charge in [0, 0.05) is 30.0 Å². The summed E-state index contributed by atoms with van der Waals surface area (Å²) in [4.78, 5) is 6.99. The summed E-state index contributed by atoms with van der Waals surface area (Å²) in [6.45, 7) is 5.48. The number of aryl methyl sites for hydroxylation is 1. The van der Waals surface area contributed by atoms with Crippen molar-refractivity contribution < 1.29 is 9.47 Å². The summed E-state index contributed by atoms with van der Waals surface area (Å²) in [5.41, 5.74) is 6.15. The molecule has 31 heavy (non-hydrogen) atoms. The second kappa shape index (κ2) is 8.28. The van der Waals surface area contributed by atoms with Crippen molar-refractivity contribution in [2.75, 3.05) is 43.6 Å². The number of hydrogen-bond donors (Lipinski definition) is 1. The highest BCUT2D eigenvalue weighted by Crippen LogP contribution is 2.28. The maximum Gasteiger partial charge on any atom is 0.247 e. The zero-order valence-electron chi connectivity index (χ0n) is 17.7. The van der Waals surface area contributed by atoms with E-state index in [2.05, 4.69) is 58.5 Å². The van der Waals surface area contributed by atoms with Gasteiger partial charge < -0.3 is 19.7 Å². The first-order chi connectivity index (χ1) is 15.2. The summed E-state index contributed by atoms with van der Waals surface area (Å²) in [6, 6.07) is 20.4. The van der Waals surface area contributed by atoms with E-state index in [1.165, 1.54) is 5.69 Å². The van der Waals surface area contributed by atoms with Crippen molar-refractivity contribution in [3.05, 3.63) is 66.2 Å². The van der Waals surface area contributed by atoms with Crippen LogP contribution in [0.15, 0.2) is 60.7 Å². The van der Waals surface area contributed by atoms with Crippen LogP contribution in [-0.4, -0.2) is 48.0 Å². The normalized spacial score (nSPS) is 14.1. The third-order valence-electron chi connectivity index (χ3n) is 5.57. The van der Waals surface area contributed by atoms with Crippen LogP contribution in [-0.2, 0) is 4.74 Å². The predicted octanol–water partition coefficient (Wildman–Crippen LogP) is 4.29. The molecule has 1 fully saturated rings. The zero-order chi connectivity index (χ0) is 21.2. The molecule has 4 aromatic rings. The highest BCUT2D eigenvalue weighted by atomic mass is 16.5. The zero-order valence-corrected chi connectivity index (χ0v) is 17.7. The molecule has 2 aromatic carbocycles. The van der Waals surface area contributed by atoms with Gasteiger partial charge in [-0.15, -0.1) is 5.10 Å². The van der Waals surface area contributed by atoms with Gasteiger partial charge in [0.1, 0.15) is 5.75 Å². The number of morpholine rings is 1. The van der Waals surface area contributed by atoms with Gasteiger partial charge in [0.25, 0.3) is 0 Å². The molecule has 158 valence electrons. The minimum Gasteiger partial charge on any atom is -0.497 e. The molecule has 0 atom stereocenters. The molecule has 0 amide bonds. The molecule has 1 aliphatic heterocycles. The first-order valence-electron chi connectivity index (χ1n) is 10.4. The van der Waals surface area contributed by atoms with Crippen LogP contribution in [0.2, 0.25) is 0 Å². The molecule has 7 nitrogen and oxygen atoms in total. The molecule has 5 rings (SSSR count). The summed E-state index contributed by atoms with van der Waals surface area (Å²) < 4.78 is 12.6. The molecule has 7 heteroatoms. The van der Waals surface area contributed by atoms with Crippen LogP contribution >= 0.6 is 0 Å². The number of anilines is 3. The van der Waals surface area contributed by atoms with E-state index in [9.17, 15) is 0 Å². The highest BCUT2D eigenvalue weighted by molar-refractivity contribution is 5.68. The molecule has 0 radical (unpaired) electrons. The molecule has 1 saturated heterocycles. The van der Waals surface area contributed by atoms with E-state index >= 15 is 0 Å². The predicted molar refractivity (Wildman–Crippen MR) is 122 cm³/mol. The number of nitrogens with one attached hydrogen (secondary N) is 1. The fourth-order valence-electron chi connectivity index (χ4n) is 3.92. The number of aromatic nitrogens is 3. The first-order valence-corrected chi connectivity index (χ1v) is 10.4. The summed E-state index contributed by atoms with van der Waals surface area (Å²) in [5, 5.41) is 8.05. The van der Waals surface area contributed by atoms with Gasteiger partial charge in [-0.05, 0) is 67.1 Å². The van der Waals surface area contributed by atoms with Crippen molar-refractivity contribution in [3.63, 3.8) is 0 Å². The summed E-state index contributed by atoms with van der Waals surface area (Å²) in [6.07, 6.45) is 0. The Labute approximate surface area is 181 Å². The highest BCUT2D eigenvalue weighted by Gasteiger charge is 2.13. The lowest BCUT2D eigenvalue weighted by molar-refractivity contribution is 0.122. The average molecular weight is 415 g/mol. The number of ether oxygens (including phenoxy) is 2. The number of nitrogens with zero attached hydrogens (tertiary/aromatic N) is 4. The minimum atomic E-state index is 0.567. The lowest BCUT2D eigenvalue weighted by atomic mass is 10.0. The van der Waals surface area contributed by atoms with Crippen molar-refractivity contribution in [1.29, 1.82) is 0 Å².